The average Bonchev–Trinajstić information content (AvgIpc) is 2.40. The molecule has 0 unspecified atom stereocenters. The Balaban J connectivity index is 2.91. The summed E-state index contributed by atoms with van der Waals surface area (Å²) in [5, 5.41) is 3.01. The van der Waals surface area contributed by atoms with Crippen molar-refractivity contribution in [2.75, 3.05) is 27.2 Å². The van der Waals surface area contributed by atoms with Crippen LogP contribution in [0.3, 0.4) is 0 Å². The summed E-state index contributed by atoms with van der Waals surface area (Å²) in [4.78, 5) is 0.308. The van der Waals surface area contributed by atoms with Gasteiger partial charge in [0.05, 0.1) is 11.0 Å². The highest BCUT2D eigenvalue weighted by Gasteiger charge is 2.21. The molecule has 1 rings (SSSR count). The van der Waals surface area contributed by atoms with E-state index in [2.05, 4.69) is 5.32 Å². The van der Waals surface area contributed by atoms with Crippen LogP contribution in [0.25, 0.3) is 0 Å². The van der Waals surface area contributed by atoms with Crippen LogP contribution < -0.4 is 10.1 Å². The predicted octanol–water partition coefficient (Wildman–Crippen LogP) is 2.01. The van der Waals surface area contributed by atoms with Gasteiger partial charge in [0.15, 0.2) is 0 Å². The molecule has 1 aromatic carbocycles. The van der Waals surface area contributed by atoms with Crippen LogP contribution in [0.5, 0.6) is 5.75 Å². The smallest absolute Gasteiger partial charge is 0.242 e. The zero-order valence-corrected chi connectivity index (χ0v) is 14.3. The molecule has 0 bridgehead atoms. The van der Waals surface area contributed by atoms with Gasteiger partial charge in [0, 0.05) is 13.6 Å². The van der Waals surface area contributed by atoms with Gasteiger partial charge in [0.2, 0.25) is 10.0 Å². The maximum atomic E-state index is 12.5. The van der Waals surface area contributed by atoms with Gasteiger partial charge in [0.1, 0.15) is 5.75 Å². The Morgan fingerprint density at radius 2 is 2.00 bits per heavy atom. The molecule has 0 aliphatic heterocycles. The van der Waals surface area contributed by atoms with Gasteiger partial charge >= 0.3 is 0 Å². The van der Waals surface area contributed by atoms with Crippen LogP contribution in [0.2, 0.25) is 0 Å². The number of hydrogen-bond donors (Lipinski definition) is 1. The topological polar surface area (TPSA) is 58.6 Å². The minimum Gasteiger partial charge on any atom is -0.491 e. The highest BCUT2D eigenvalue weighted by Crippen LogP contribution is 2.24. The normalized spacial score (nSPS) is 12.1. The van der Waals surface area contributed by atoms with E-state index in [1.54, 1.807) is 25.2 Å². The van der Waals surface area contributed by atoms with Gasteiger partial charge in [-0.05, 0) is 64.5 Å². The zero-order valence-electron chi connectivity index (χ0n) is 13.5. The van der Waals surface area contributed by atoms with Crippen molar-refractivity contribution in [3.8, 4) is 5.75 Å². The van der Waals surface area contributed by atoms with Crippen molar-refractivity contribution in [1.82, 2.24) is 9.62 Å². The number of rotatable bonds is 8. The van der Waals surface area contributed by atoms with Crippen LogP contribution in [-0.2, 0) is 10.0 Å². The second-order valence-electron chi connectivity index (χ2n) is 5.38. The van der Waals surface area contributed by atoms with Gasteiger partial charge in [-0.15, -0.1) is 0 Å². The Hall–Kier alpha value is -1.11. The van der Waals surface area contributed by atoms with E-state index in [0.29, 0.717) is 11.4 Å². The van der Waals surface area contributed by atoms with Gasteiger partial charge in [-0.1, -0.05) is 0 Å². The molecule has 1 N–H and O–H groups in total. The van der Waals surface area contributed by atoms with Gasteiger partial charge in [-0.3, -0.25) is 0 Å². The van der Waals surface area contributed by atoms with Crippen molar-refractivity contribution < 1.29 is 13.2 Å². The molecule has 0 saturated carbocycles. The van der Waals surface area contributed by atoms with Crippen molar-refractivity contribution in [1.29, 1.82) is 0 Å². The van der Waals surface area contributed by atoms with E-state index < -0.39 is 10.0 Å². The quantitative estimate of drug-likeness (QED) is 0.746. The van der Waals surface area contributed by atoms with E-state index in [-0.39, 0.29) is 6.10 Å². The second-order valence-corrected chi connectivity index (χ2v) is 7.42. The summed E-state index contributed by atoms with van der Waals surface area (Å²) in [5.41, 5.74) is 0.827. The minimum absolute atomic E-state index is 0.0652. The highest BCUT2D eigenvalue weighted by atomic mass is 32.2. The van der Waals surface area contributed by atoms with Crippen LogP contribution >= 0.6 is 0 Å². The molecule has 21 heavy (non-hydrogen) atoms. The average molecular weight is 314 g/mol. The standard InChI is InChI=1S/C15H26N2O3S/c1-12(2)20-15-8-7-14(11-13(15)3)21(18,19)17(5)10-6-9-16-4/h7-8,11-12,16H,6,9-10H2,1-5H3. The third-order valence-corrected chi connectivity index (χ3v) is 4.97. The number of sulfonamides is 1. The SMILES string of the molecule is CNCCCN(C)S(=O)(=O)c1ccc(OC(C)C)c(C)c1. The number of benzene rings is 1. The third-order valence-electron chi connectivity index (χ3n) is 3.12. The Bertz CT molecular complexity index is 556. The Morgan fingerprint density at radius 3 is 2.52 bits per heavy atom. The summed E-state index contributed by atoms with van der Waals surface area (Å²) >= 11 is 0. The monoisotopic (exact) mass is 314 g/mol. The van der Waals surface area contributed by atoms with E-state index in [1.807, 2.05) is 27.8 Å². The highest BCUT2D eigenvalue weighted by molar-refractivity contribution is 7.89. The molecule has 0 aliphatic carbocycles. The lowest BCUT2D eigenvalue weighted by atomic mass is 10.2. The lowest BCUT2D eigenvalue weighted by Crippen LogP contribution is -2.29. The summed E-state index contributed by atoms with van der Waals surface area (Å²) in [6.45, 7) is 7.03. The maximum Gasteiger partial charge on any atom is 0.242 e. The molecule has 0 heterocycles. The molecule has 6 heteroatoms. The Kier molecular flexibility index (Phi) is 6.64. The fourth-order valence-electron chi connectivity index (χ4n) is 1.95. The van der Waals surface area contributed by atoms with Crippen molar-refractivity contribution in [3.63, 3.8) is 0 Å². The first-order valence-corrected chi connectivity index (χ1v) is 8.61. The first-order valence-electron chi connectivity index (χ1n) is 7.17. The van der Waals surface area contributed by atoms with Gasteiger partial charge in [0.25, 0.3) is 0 Å². The molecule has 0 amide bonds. The largest absolute Gasteiger partial charge is 0.491 e. The van der Waals surface area contributed by atoms with Crippen LogP contribution in [-0.4, -0.2) is 46.0 Å². The van der Waals surface area contributed by atoms with E-state index >= 15 is 0 Å². The molecular weight excluding hydrogens is 288 g/mol. The summed E-state index contributed by atoms with van der Waals surface area (Å²) in [7, 11) is 0.0253. The fraction of sp³-hybridized carbons (Fsp3) is 0.600. The molecule has 5 nitrogen and oxygen atoms in total. The van der Waals surface area contributed by atoms with Crippen LogP contribution in [0.15, 0.2) is 23.1 Å². The predicted molar refractivity (Wildman–Crippen MR) is 85.3 cm³/mol. The number of aryl methyl sites for hydroxylation is 1. The number of nitrogens with zero attached hydrogens (tertiary/aromatic N) is 1. The third kappa shape index (κ3) is 4.98. The molecule has 0 saturated heterocycles. The van der Waals surface area contributed by atoms with E-state index in [1.165, 1.54) is 4.31 Å². The maximum absolute atomic E-state index is 12.5. The lowest BCUT2D eigenvalue weighted by Gasteiger charge is -2.18. The zero-order chi connectivity index (χ0) is 16.0. The van der Waals surface area contributed by atoms with Crippen molar-refractivity contribution in [2.45, 2.75) is 38.2 Å². The van der Waals surface area contributed by atoms with Crippen LogP contribution in [0, 0.1) is 6.92 Å². The summed E-state index contributed by atoms with van der Waals surface area (Å²) < 4.78 is 32.0. The minimum atomic E-state index is -3.44. The number of ether oxygens (including phenoxy) is 1. The summed E-state index contributed by atoms with van der Waals surface area (Å²) in [6.07, 6.45) is 0.843. The van der Waals surface area contributed by atoms with E-state index in [0.717, 1.165) is 24.3 Å². The van der Waals surface area contributed by atoms with Gasteiger partial charge in [-0.25, -0.2) is 12.7 Å². The lowest BCUT2D eigenvalue weighted by molar-refractivity contribution is 0.240. The van der Waals surface area contributed by atoms with E-state index in [4.69, 9.17) is 4.74 Å². The molecule has 120 valence electrons. The van der Waals surface area contributed by atoms with Crippen LogP contribution in [0.1, 0.15) is 25.8 Å². The van der Waals surface area contributed by atoms with Crippen molar-refractivity contribution in [3.05, 3.63) is 23.8 Å². The molecule has 1 aromatic rings. The Morgan fingerprint density at radius 1 is 1.33 bits per heavy atom. The summed E-state index contributed by atoms with van der Waals surface area (Å²) in [5.74, 6) is 0.724. The second kappa shape index (κ2) is 7.77. The molecule has 0 spiro atoms. The van der Waals surface area contributed by atoms with Gasteiger partial charge in [-0.2, -0.15) is 0 Å². The molecule has 0 aromatic heterocycles. The summed E-state index contributed by atoms with van der Waals surface area (Å²) in [6, 6.07) is 5.00. The fourth-order valence-corrected chi connectivity index (χ4v) is 3.24. The number of hydrogen-bond acceptors (Lipinski definition) is 4. The molecular formula is C15H26N2O3S. The first kappa shape index (κ1) is 17.9. The van der Waals surface area contributed by atoms with Crippen molar-refractivity contribution >= 4 is 10.0 Å². The molecule has 0 fully saturated rings. The Labute approximate surface area is 128 Å². The molecule has 0 atom stereocenters. The molecule has 0 radical (unpaired) electrons. The van der Waals surface area contributed by atoms with Crippen molar-refractivity contribution in [2.24, 2.45) is 0 Å². The van der Waals surface area contributed by atoms with E-state index in [9.17, 15) is 8.42 Å². The molecule has 0 aliphatic rings. The number of nitrogens with one attached hydrogen (secondary N) is 1. The van der Waals surface area contributed by atoms with Crippen LogP contribution in [0.4, 0.5) is 0 Å². The van der Waals surface area contributed by atoms with Gasteiger partial charge < -0.3 is 10.1 Å². The first-order chi connectivity index (χ1) is 9.78.